The maximum atomic E-state index is 11.7. The van der Waals surface area contributed by atoms with Gasteiger partial charge in [0.25, 0.3) is 0 Å². The van der Waals surface area contributed by atoms with E-state index >= 15 is 0 Å². The Bertz CT molecular complexity index is 349. The molecule has 0 aliphatic heterocycles. The van der Waals surface area contributed by atoms with Gasteiger partial charge in [0, 0.05) is 32.3 Å². The number of carbonyl (C=O) groups excluding carboxylic acids is 1. The molecule has 1 amide bonds. The van der Waals surface area contributed by atoms with Crippen molar-refractivity contribution < 1.29 is 13.2 Å². The fraction of sp³-hybridized carbons (Fsp3) is 0.900. The lowest BCUT2D eigenvalue weighted by molar-refractivity contribution is -0.130. The minimum absolute atomic E-state index is 0.00784. The number of hydrogen-bond donors (Lipinski definition) is 1. The molecule has 1 aliphatic rings. The third-order valence-corrected chi connectivity index (χ3v) is 3.79. The molecule has 16 heavy (non-hydrogen) atoms. The van der Waals surface area contributed by atoms with Gasteiger partial charge in [0.1, 0.15) is 9.84 Å². The molecule has 1 fully saturated rings. The minimum atomic E-state index is -3.01. The first-order valence-corrected chi connectivity index (χ1v) is 7.53. The number of nitrogens with zero attached hydrogens (tertiary/aromatic N) is 1. The van der Waals surface area contributed by atoms with Crippen molar-refractivity contribution in [2.45, 2.75) is 25.3 Å². The molecule has 0 aromatic rings. The maximum Gasteiger partial charge on any atom is 0.223 e. The standard InChI is InChI=1S/C10H20N2O3S/c1-12(5-6-16(2,14)15)10(13)7-9(11)8-3-4-8/h8-9H,3-7,11H2,1-2H3. The van der Waals surface area contributed by atoms with Gasteiger partial charge in [-0.15, -0.1) is 0 Å². The lowest BCUT2D eigenvalue weighted by Crippen LogP contribution is -2.36. The Morgan fingerprint density at radius 1 is 1.50 bits per heavy atom. The molecule has 0 bridgehead atoms. The highest BCUT2D eigenvalue weighted by molar-refractivity contribution is 7.90. The Balaban J connectivity index is 2.29. The summed E-state index contributed by atoms with van der Waals surface area (Å²) < 4.78 is 21.9. The van der Waals surface area contributed by atoms with Crippen molar-refractivity contribution in [3.05, 3.63) is 0 Å². The first-order valence-electron chi connectivity index (χ1n) is 5.47. The summed E-state index contributed by atoms with van der Waals surface area (Å²) >= 11 is 0. The SMILES string of the molecule is CN(CCS(C)(=O)=O)C(=O)CC(N)C1CC1. The van der Waals surface area contributed by atoms with Crippen molar-refractivity contribution in [2.24, 2.45) is 11.7 Å². The molecule has 0 aromatic heterocycles. The number of hydrogen-bond acceptors (Lipinski definition) is 4. The van der Waals surface area contributed by atoms with Gasteiger partial charge in [0.05, 0.1) is 5.75 Å². The topological polar surface area (TPSA) is 80.5 Å². The van der Waals surface area contributed by atoms with Gasteiger partial charge in [0.15, 0.2) is 0 Å². The normalized spacial score (nSPS) is 18.2. The zero-order chi connectivity index (χ0) is 12.3. The van der Waals surface area contributed by atoms with Crippen LogP contribution in [0.5, 0.6) is 0 Å². The van der Waals surface area contributed by atoms with Crippen LogP contribution in [0, 0.1) is 5.92 Å². The highest BCUT2D eigenvalue weighted by Crippen LogP contribution is 2.32. The van der Waals surface area contributed by atoms with Crippen LogP contribution < -0.4 is 5.73 Å². The van der Waals surface area contributed by atoms with Gasteiger partial charge in [-0.05, 0) is 18.8 Å². The largest absolute Gasteiger partial charge is 0.345 e. The Morgan fingerprint density at radius 3 is 2.50 bits per heavy atom. The minimum Gasteiger partial charge on any atom is -0.345 e. The summed E-state index contributed by atoms with van der Waals surface area (Å²) in [6, 6.07) is -0.0619. The smallest absolute Gasteiger partial charge is 0.223 e. The Kier molecular flexibility index (Phi) is 4.32. The third kappa shape index (κ3) is 4.94. The summed E-state index contributed by atoms with van der Waals surface area (Å²) in [7, 11) is -1.39. The predicted octanol–water partition coefficient (Wildman–Crippen LogP) is -0.383. The van der Waals surface area contributed by atoms with Crippen LogP contribution in [0.15, 0.2) is 0 Å². The molecule has 1 unspecified atom stereocenters. The van der Waals surface area contributed by atoms with E-state index in [1.54, 1.807) is 7.05 Å². The molecule has 94 valence electrons. The molecule has 0 radical (unpaired) electrons. The molecule has 5 nitrogen and oxygen atoms in total. The van der Waals surface area contributed by atoms with E-state index in [2.05, 4.69) is 0 Å². The summed E-state index contributed by atoms with van der Waals surface area (Å²) in [5, 5.41) is 0. The third-order valence-electron chi connectivity index (χ3n) is 2.86. The fourth-order valence-corrected chi connectivity index (χ4v) is 2.08. The average Bonchev–Trinajstić information content (AvgIpc) is 2.95. The van der Waals surface area contributed by atoms with Gasteiger partial charge in [-0.1, -0.05) is 0 Å². The van der Waals surface area contributed by atoms with Gasteiger partial charge in [-0.25, -0.2) is 8.42 Å². The number of rotatable bonds is 6. The van der Waals surface area contributed by atoms with Crippen LogP contribution in [0.2, 0.25) is 0 Å². The van der Waals surface area contributed by atoms with E-state index in [0.29, 0.717) is 12.3 Å². The van der Waals surface area contributed by atoms with E-state index in [1.165, 1.54) is 11.2 Å². The molecule has 1 atom stereocenters. The summed E-state index contributed by atoms with van der Waals surface area (Å²) in [5.41, 5.74) is 5.83. The van der Waals surface area contributed by atoms with Gasteiger partial charge in [0.2, 0.25) is 5.91 Å². The molecule has 0 spiro atoms. The molecule has 1 aliphatic carbocycles. The molecule has 1 rings (SSSR count). The van der Waals surface area contributed by atoms with Crippen molar-refractivity contribution in [3.8, 4) is 0 Å². The second-order valence-electron chi connectivity index (χ2n) is 4.65. The number of nitrogens with two attached hydrogens (primary N) is 1. The summed E-state index contributed by atoms with van der Waals surface area (Å²) in [4.78, 5) is 13.1. The molecular formula is C10H20N2O3S. The monoisotopic (exact) mass is 248 g/mol. The van der Waals surface area contributed by atoms with Gasteiger partial charge in [-0.3, -0.25) is 4.79 Å². The van der Waals surface area contributed by atoms with Crippen molar-refractivity contribution in [1.82, 2.24) is 4.90 Å². The van der Waals surface area contributed by atoms with Crippen molar-refractivity contribution in [2.75, 3.05) is 25.6 Å². The Morgan fingerprint density at radius 2 is 2.06 bits per heavy atom. The second kappa shape index (κ2) is 5.14. The lowest BCUT2D eigenvalue weighted by atomic mass is 10.1. The average molecular weight is 248 g/mol. The molecule has 0 aromatic carbocycles. The molecule has 0 heterocycles. The van der Waals surface area contributed by atoms with E-state index in [4.69, 9.17) is 5.73 Å². The fourth-order valence-electron chi connectivity index (χ4n) is 1.48. The molecule has 2 N–H and O–H groups in total. The Hall–Kier alpha value is -0.620. The van der Waals surface area contributed by atoms with Crippen molar-refractivity contribution in [1.29, 1.82) is 0 Å². The van der Waals surface area contributed by atoms with Gasteiger partial charge in [-0.2, -0.15) is 0 Å². The van der Waals surface area contributed by atoms with Crippen LogP contribution in [-0.2, 0) is 14.6 Å². The van der Waals surface area contributed by atoms with Crippen LogP contribution >= 0.6 is 0 Å². The number of sulfone groups is 1. The molecule has 0 saturated heterocycles. The Labute approximate surface area is 96.9 Å². The van der Waals surface area contributed by atoms with Crippen molar-refractivity contribution >= 4 is 15.7 Å². The van der Waals surface area contributed by atoms with Gasteiger partial charge >= 0.3 is 0 Å². The first kappa shape index (κ1) is 13.4. The predicted molar refractivity (Wildman–Crippen MR) is 62.7 cm³/mol. The molecule has 1 saturated carbocycles. The first-order chi connectivity index (χ1) is 7.29. The highest BCUT2D eigenvalue weighted by Gasteiger charge is 2.30. The maximum absolute atomic E-state index is 11.7. The highest BCUT2D eigenvalue weighted by atomic mass is 32.2. The van der Waals surface area contributed by atoms with E-state index in [9.17, 15) is 13.2 Å². The van der Waals surface area contributed by atoms with Crippen LogP contribution in [-0.4, -0.2) is 50.9 Å². The zero-order valence-corrected chi connectivity index (χ0v) is 10.7. The summed E-state index contributed by atoms with van der Waals surface area (Å²) in [6.45, 7) is 0.245. The van der Waals surface area contributed by atoms with E-state index < -0.39 is 9.84 Å². The van der Waals surface area contributed by atoms with E-state index in [-0.39, 0.29) is 24.2 Å². The van der Waals surface area contributed by atoms with Crippen molar-refractivity contribution in [3.63, 3.8) is 0 Å². The number of carbonyl (C=O) groups is 1. The second-order valence-corrected chi connectivity index (χ2v) is 6.91. The number of amides is 1. The van der Waals surface area contributed by atoms with E-state index in [0.717, 1.165) is 12.8 Å². The molecular weight excluding hydrogens is 228 g/mol. The summed E-state index contributed by atoms with van der Waals surface area (Å²) in [5.74, 6) is 0.434. The summed E-state index contributed by atoms with van der Waals surface area (Å²) in [6.07, 6.45) is 3.72. The van der Waals surface area contributed by atoms with Crippen LogP contribution in [0.1, 0.15) is 19.3 Å². The molecule has 6 heteroatoms. The van der Waals surface area contributed by atoms with Crippen LogP contribution in [0.3, 0.4) is 0 Å². The van der Waals surface area contributed by atoms with Crippen LogP contribution in [0.25, 0.3) is 0 Å². The van der Waals surface area contributed by atoms with Crippen LogP contribution in [0.4, 0.5) is 0 Å². The zero-order valence-electron chi connectivity index (χ0n) is 9.85. The quantitative estimate of drug-likeness (QED) is 0.694. The van der Waals surface area contributed by atoms with E-state index in [1.807, 2.05) is 0 Å². The lowest BCUT2D eigenvalue weighted by Gasteiger charge is -2.18. The van der Waals surface area contributed by atoms with Gasteiger partial charge < -0.3 is 10.6 Å².